The number of hydrogen-bond donors (Lipinski definition) is 0. The van der Waals surface area contributed by atoms with Gasteiger partial charge in [0.2, 0.25) is 0 Å². The highest BCUT2D eigenvalue weighted by Crippen LogP contribution is 2.20. The van der Waals surface area contributed by atoms with Crippen LogP contribution >= 0.6 is 11.5 Å². The average Bonchev–Trinajstić information content (AvgIpc) is 2.86. The van der Waals surface area contributed by atoms with Crippen molar-refractivity contribution in [2.75, 3.05) is 40.4 Å². The summed E-state index contributed by atoms with van der Waals surface area (Å²) < 4.78 is 9.27. The third-order valence-electron chi connectivity index (χ3n) is 3.53. The molecule has 2 heterocycles. The molecule has 1 fully saturated rings. The van der Waals surface area contributed by atoms with Crippen molar-refractivity contribution in [1.82, 2.24) is 19.4 Å². The fourth-order valence-electron chi connectivity index (χ4n) is 2.31. The molecule has 0 N–H and O–H groups in total. The van der Waals surface area contributed by atoms with Crippen molar-refractivity contribution in [3.8, 4) is 0 Å². The van der Waals surface area contributed by atoms with E-state index >= 15 is 0 Å². The Kier molecular flexibility index (Phi) is 5.45. The van der Waals surface area contributed by atoms with Crippen LogP contribution < -0.4 is 0 Å². The molecule has 0 unspecified atom stereocenters. The third-order valence-corrected chi connectivity index (χ3v) is 4.34. The van der Waals surface area contributed by atoms with Crippen molar-refractivity contribution < 1.29 is 9.53 Å². The van der Waals surface area contributed by atoms with Gasteiger partial charge < -0.3 is 14.5 Å². The molecular formula is C13H22N4O2S. The largest absolute Gasteiger partial charge is 0.381 e. The van der Waals surface area contributed by atoms with E-state index < -0.39 is 0 Å². The third kappa shape index (κ3) is 3.74. The standard InChI is InChI=1S/C13H22N4O2S/c1-10-12(20-15-14-10)13(18)17(7-6-16(2)3)11-4-8-19-9-5-11/h11H,4-9H2,1-3H3. The number of aryl methyl sites for hydroxylation is 1. The molecule has 0 aromatic carbocycles. The van der Waals surface area contributed by atoms with E-state index in [0.29, 0.717) is 4.88 Å². The van der Waals surface area contributed by atoms with Gasteiger partial charge in [-0.2, -0.15) is 0 Å². The molecular weight excluding hydrogens is 276 g/mol. The second-order valence-electron chi connectivity index (χ2n) is 5.33. The Hall–Kier alpha value is -1.05. The Morgan fingerprint density at radius 3 is 2.60 bits per heavy atom. The number of hydrogen-bond acceptors (Lipinski definition) is 6. The highest BCUT2D eigenvalue weighted by Gasteiger charge is 2.28. The summed E-state index contributed by atoms with van der Waals surface area (Å²) in [6.07, 6.45) is 1.81. The summed E-state index contributed by atoms with van der Waals surface area (Å²) in [5.41, 5.74) is 0.724. The van der Waals surface area contributed by atoms with Crippen LogP contribution in [0.25, 0.3) is 0 Å². The average molecular weight is 298 g/mol. The van der Waals surface area contributed by atoms with Crippen molar-refractivity contribution in [2.45, 2.75) is 25.8 Å². The van der Waals surface area contributed by atoms with Crippen molar-refractivity contribution >= 4 is 17.4 Å². The number of ether oxygens (including phenoxy) is 1. The lowest BCUT2D eigenvalue weighted by Gasteiger charge is -2.34. The predicted octanol–water partition coefficient (Wildman–Crippen LogP) is 1.03. The monoisotopic (exact) mass is 298 g/mol. The maximum Gasteiger partial charge on any atom is 0.267 e. The van der Waals surface area contributed by atoms with Gasteiger partial charge in [-0.25, -0.2) is 0 Å². The molecule has 0 bridgehead atoms. The lowest BCUT2D eigenvalue weighted by atomic mass is 10.1. The van der Waals surface area contributed by atoms with Gasteiger partial charge in [0.1, 0.15) is 4.88 Å². The van der Waals surface area contributed by atoms with Crippen molar-refractivity contribution in [3.05, 3.63) is 10.6 Å². The summed E-state index contributed by atoms with van der Waals surface area (Å²) in [5, 5.41) is 3.95. The smallest absolute Gasteiger partial charge is 0.267 e. The number of carbonyl (C=O) groups excluding carboxylic acids is 1. The first-order valence-corrected chi connectivity index (χ1v) is 7.69. The van der Waals surface area contributed by atoms with E-state index in [0.717, 1.165) is 44.8 Å². The van der Waals surface area contributed by atoms with E-state index in [2.05, 4.69) is 14.5 Å². The molecule has 1 amide bonds. The molecule has 1 aliphatic heterocycles. The maximum absolute atomic E-state index is 12.7. The van der Waals surface area contributed by atoms with Crippen LogP contribution in [0.15, 0.2) is 0 Å². The minimum atomic E-state index is 0.0613. The van der Waals surface area contributed by atoms with E-state index in [4.69, 9.17) is 4.74 Å². The quantitative estimate of drug-likeness (QED) is 0.812. The molecule has 6 nitrogen and oxygen atoms in total. The van der Waals surface area contributed by atoms with Gasteiger partial charge in [-0.15, -0.1) is 5.10 Å². The Balaban J connectivity index is 2.12. The molecule has 1 aliphatic rings. The number of aromatic nitrogens is 2. The zero-order valence-corrected chi connectivity index (χ0v) is 13.2. The minimum absolute atomic E-state index is 0.0613. The molecule has 0 saturated carbocycles. The SMILES string of the molecule is Cc1nnsc1C(=O)N(CCN(C)C)C1CCOCC1. The summed E-state index contributed by atoms with van der Waals surface area (Å²) >= 11 is 1.19. The number of amides is 1. The van der Waals surface area contributed by atoms with Gasteiger partial charge in [0.15, 0.2) is 0 Å². The van der Waals surface area contributed by atoms with Crippen LogP contribution in [0, 0.1) is 6.92 Å². The molecule has 7 heteroatoms. The van der Waals surface area contributed by atoms with Crippen LogP contribution in [0.3, 0.4) is 0 Å². The van der Waals surface area contributed by atoms with E-state index in [9.17, 15) is 4.79 Å². The number of rotatable bonds is 5. The highest BCUT2D eigenvalue weighted by atomic mass is 32.1. The molecule has 0 atom stereocenters. The molecule has 0 radical (unpaired) electrons. The second-order valence-corrected chi connectivity index (χ2v) is 6.09. The first-order chi connectivity index (χ1) is 9.59. The van der Waals surface area contributed by atoms with E-state index in [1.165, 1.54) is 11.5 Å². The van der Waals surface area contributed by atoms with Crippen LogP contribution in [0.5, 0.6) is 0 Å². The van der Waals surface area contributed by atoms with Gasteiger partial charge >= 0.3 is 0 Å². The fourth-order valence-corrected chi connectivity index (χ4v) is 2.93. The molecule has 20 heavy (non-hydrogen) atoms. The zero-order valence-electron chi connectivity index (χ0n) is 12.3. The van der Waals surface area contributed by atoms with Crippen LogP contribution in [0.4, 0.5) is 0 Å². The number of nitrogens with zero attached hydrogens (tertiary/aromatic N) is 4. The topological polar surface area (TPSA) is 58.6 Å². The number of carbonyl (C=O) groups is 1. The lowest BCUT2D eigenvalue weighted by Crippen LogP contribution is -2.46. The van der Waals surface area contributed by atoms with Crippen molar-refractivity contribution in [1.29, 1.82) is 0 Å². The number of likely N-dealkylation sites (N-methyl/N-ethyl adjacent to an activating group) is 1. The molecule has 2 rings (SSSR count). The maximum atomic E-state index is 12.7. The van der Waals surface area contributed by atoms with E-state index in [1.807, 2.05) is 25.9 Å². The highest BCUT2D eigenvalue weighted by molar-refractivity contribution is 7.07. The van der Waals surface area contributed by atoms with Crippen LogP contribution in [0.2, 0.25) is 0 Å². The molecule has 0 spiro atoms. The summed E-state index contributed by atoms with van der Waals surface area (Å²) in [6, 6.07) is 0.262. The van der Waals surface area contributed by atoms with Crippen LogP contribution in [0.1, 0.15) is 28.2 Å². The zero-order chi connectivity index (χ0) is 14.5. The van der Waals surface area contributed by atoms with Crippen LogP contribution in [-0.2, 0) is 4.74 Å². The van der Waals surface area contributed by atoms with E-state index in [-0.39, 0.29) is 11.9 Å². The van der Waals surface area contributed by atoms with Crippen LogP contribution in [-0.4, -0.2) is 71.7 Å². The van der Waals surface area contributed by atoms with Gasteiger partial charge in [-0.1, -0.05) is 4.49 Å². The molecule has 0 aliphatic carbocycles. The molecule has 1 aromatic heterocycles. The first-order valence-electron chi connectivity index (χ1n) is 6.92. The van der Waals surface area contributed by atoms with E-state index in [1.54, 1.807) is 0 Å². The summed E-state index contributed by atoms with van der Waals surface area (Å²) in [5.74, 6) is 0.0613. The van der Waals surface area contributed by atoms with Gasteiger partial charge in [0.25, 0.3) is 5.91 Å². The van der Waals surface area contributed by atoms with Crippen molar-refractivity contribution in [3.63, 3.8) is 0 Å². The van der Waals surface area contributed by atoms with Crippen molar-refractivity contribution in [2.24, 2.45) is 0 Å². The van der Waals surface area contributed by atoms with Gasteiger partial charge in [0.05, 0.1) is 5.69 Å². The Morgan fingerprint density at radius 2 is 2.05 bits per heavy atom. The Bertz CT molecular complexity index is 443. The van der Waals surface area contributed by atoms with Gasteiger partial charge in [0, 0.05) is 32.3 Å². The van der Waals surface area contributed by atoms with Gasteiger partial charge in [-0.3, -0.25) is 4.79 Å². The normalized spacial score (nSPS) is 16.6. The minimum Gasteiger partial charge on any atom is -0.381 e. The van der Waals surface area contributed by atoms with Gasteiger partial charge in [-0.05, 0) is 45.4 Å². The summed E-state index contributed by atoms with van der Waals surface area (Å²) in [4.78, 5) is 17.5. The Morgan fingerprint density at radius 1 is 1.35 bits per heavy atom. The summed E-state index contributed by atoms with van der Waals surface area (Å²) in [6.45, 7) is 4.89. The molecule has 1 saturated heterocycles. The summed E-state index contributed by atoms with van der Waals surface area (Å²) in [7, 11) is 4.04. The fraction of sp³-hybridized carbons (Fsp3) is 0.769. The first kappa shape index (κ1) is 15.3. The molecule has 1 aromatic rings. The lowest BCUT2D eigenvalue weighted by molar-refractivity contribution is 0.0278. The predicted molar refractivity (Wildman–Crippen MR) is 78.1 cm³/mol. The molecule has 112 valence electrons. The Labute approximate surface area is 123 Å². The second kappa shape index (κ2) is 7.10.